The Hall–Kier alpha value is -3.31. The molecule has 3 aromatic carbocycles. The highest BCUT2D eigenvalue weighted by molar-refractivity contribution is 7.98. The molecule has 1 aromatic heterocycles. The number of carboxylic acid groups (broad SMARTS) is 1. The number of nitrogens with zero attached hydrogens (tertiary/aromatic N) is 1. The lowest BCUT2D eigenvalue weighted by molar-refractivity contribution is -0.136. The van der Waals surface area contributed by atoms with E-state index in [1.54, 1.807) is 0 Å². The van der Waals surface area contributed by atoms with Crippen LogP contribution in [0, 0.1) is 6.92 Å². The number of aromatic nitrogens is 1. The molecule has 4 aromatic rings. The van der Waals surface area contributed by atoms with E-state index in [1.165, 1.54) is 5.56 Å². The largest absolute Gasteiger partial charge is 0.481 e. The molecule has 1 heterocycles. The summed E-state index contributed by atoms with van der Waals surface area (Å²) in [7, 11) is 0. The third kappa shape index (κ3) is 5.48. The summed E-state index contributed by atoms with van der Waals surface area (Å²) in [5.74, 6) is 2.02. The molecular formula is C27H25NO3S. The van der Waals surface area contributed by atoms with Crippen molar-refractivity contribution in [2.45, 2.75) is 25.5 Å². The van der Waals surface area contributed by atoms with Gasteiger partial charge in [0.25, 0.3) is 0 Å². The molecule has 1 N–H and O–H groups in total. The predicted octanol–water partition coefficient (Wildman–Crippen LogP) is 6.42. The second-order valence-corrected chi connectivity index (χ2v) is 8.81. The number of aliphatic carboxylic acids is 1. The van der Waals surface area contributed by atoms with Crippen molar-refractivity contribution in [2.75, 3.05) is 5.75 Å². The molecular weight excluding hydrogens is 418 g/mol. The van der Waals surface area contributed by atoms with Gasteiger partial charge in [0.05, 0.1) is 12.1 Å². The summed E-state index contributed by atoms with van der Waals surface area (Å²) in [6, 6.07) is 26.4. The van der Waals surface area contributed by atoms with Crippen LogP contribution in [0.5, 0.6) is 0 Å². The number of carbonyl (C=O) groups is 1. The molecule has 0 saturated carbocycles. The molecule has 0 amide bonds. The van der Waals surface area contributed by atoms with Crippen LogP contribution < -0.4 is 0 Å². The van der Waals surface area contributed by atoms with Crippen LogP contribution in [0.4, 0.5) is 0 Å². The number of hydrogen-bond acceptors (Lipinski definition) is 4. The highest BCUT2D eigenvalue weighted by Crippen LogP contribution is 2.30. The van der Waals surface area contributed by atoms with Crippen LogP contribution in [0.3, 0.4) is 0 Å². The average Bonchev–Trinajstić information content (AvgIpc) is 3.18. The van der Waals surface area contributed by atoms with Gasteiger partial charge in [-0.15, -0.1) is 0 Å². The average molecular weight is 444 g/mol. The molecule has 0 spiro atoms. The van der Waals surface area contributed by atoms with E-state index in [1.807, 2.05) is 49.0 Å². The fourth-order valence-electron chi connectivity index (χ4n) is 3.65. The number of benzene rings is 3. The Morgan fingerprint density at radius 1 is 0.875 bits per heavy atom. The van der Waals surface area contributed by atoms with Crippen LogP contribution in [0.1, 0.15) is 22.4 Å². The van der Waals surface area contributed by atoms with Crippen molar-refractivity contribution < 1.29 is 14.4 Å². The number of hydrogen-bond donors (Lipinski definition) is 1. The second-order valence-electron chi connectivity index (χ2n) is 7.71. The zero-order valence-corrected chi connectivity index (χ0v) is 18.8. The summed E-state index contributed by atoms with van der Waals surface area (Å²) in [6.45, 7) is 2.00. The molecule has 0 radical (unpaired) electrons. The van der Waals surface area contributed by atoms with E-state index in [-0.39, 0.29) is 6.42 Å². The van der Waals surface area contributed by atoms with Crippen LogP contribution in [0.15, 0.2) is 83.4 Å². The van der Waals surface area contributed by atoms with Gasteiger partial charge in [0.15, 0.2) is 5.76 Å². The van der Waals surface area contributed by atoms with E-state index in [0.29, 0.717) is 0 Å². The molecule has 0 aliphatic carbocycles. The van der Waals surface area contributed by atoms with Gasteiger partial charge in [-0.2, -0.15) is 11.8 Å². The molecule has 5 heteroatoms. The molecule has 0 aliphatic rings. The standard InChI is InChI=1S/C27H25NO3S/c1-19-25(15-16-32-18-21-5-3-2-4-6-21)27(31-28-19)24-13-11-23(12-14-24)22-9-7-20(8-10-22)17-26(29)30/h2-14H,15-18H2,1H3,(H,29,30). The van der Waals surface area contributed by atoms with Crippen LogP contribution in [-0.2, 0) is 23.4 Å². The van der Waals surface area contributed by atoms with Crippen molar-refractivity contribution in [3.63, 3.8) is 0 Å². The van der Waals surface area contributed by atoms with Crippen molar-refractivity contribution in [3.05, 3.63) is 101 Å². The minimum atomic E-state index is -0.821. The first kappa shape index (κ1) is 21.9. The topological polar surface area (TPSA) is 63.3 Å². The first-order chi connectivity index (χ1) is 15.6. The maximum absolute atomic E-state index is 10.9. The van der Waals surface area contributed by atoms with E-state index in [9.17, 15) is 4.79 Å². The van der Waals surface area contributed by atoms with Crippen LogP contribution >= 0.6 is 11.8 Å². The first-order valence-corrected chi connectivity index (χ1v) is 11.7. The van der Waals surface area contributed by atoms with E-state index in [4.69, 9.17) is 9.63 Å². The Balaban J connectivity index is 1.42. The lowest BCUT2D eigenvalue weighted by Crippen LogP contribution is -1.99. The number of rotatable bonds is 9. The zero-order valence-electron chi connectivity index (χ0n) is 18.0. The van der Waals surface area contributed by atoms with E-state index >= 15 is 0 Å². The lowest BCUT2D eigenvalue weighted by atomic mass is 9.99. The van der Waals surface area contributed by atoms with Gasteiger partial charge in [0.2, 0.25) is 0 Å². The Labute approximate surface area is 192 Å². The molecule has 0 unspecified atom stereocenters. The van der Waals surface area contributed by atoms with Gasteiger partial charge in [-0.3, -0.25) is 4.79 Å². The smallest absolute Gasteiger partial charge is 0.307 e. The van der Waals surface area contributed by atoms with Gasteiger partial charge in [0, 0.05) is 16.9 Å². The van der Waals surface area contributed by atoms with Gasteiger partial charge >= 0.3 is 5.97 Å². The van der Waals surface area contributed by atoms with Crippen LogP contribution in [-0.4, -0.2) is 22.0 Å². The highest BCUT2D eigenvalue weighted by Gasteiger charge is 2.15. The molecule has 0 fully saturated rings. The third-order valence-electron chi connectivity index (χ3n) is 5.38. The predicted molar refractivity (Wildman–Crippen MR) is 130 cm³/mol. The molecule has 4 nitrogen and oxygen atoms in total. The maximum Gasteiger partial charge on any atom is 0.307 e. The normalized spacial score (nSPS) is 10.9. The first-order valence-electron chi connectivity index (χ1n) is 10.6. The lowest BCUT2D eigenvalue weighted by Gasteiger charge is -2.06. The fourth-order valence-corrected chi connectivity index (χ4v) is 4.57. The second kappa shape index (κ2) is 10.3. The van der Waals surface area contributed by atoms with Gasteiger partial charge < -0.3 is 9.63 Å². The minimum absolute atomic E-state index is 0.0382. The summed E-state index contributed by atoms with van der Waals surface area (Å²) in [5.41, 5.74) is 7.38. The SMILES string of the molecule is Cc1noc(-c2ccc(-c3ccc(CC(=O)O)cc3)cc2)c1CCSCc1ccccc1. The van der Waals surface area contributed by atoms with Crippen molar-refractivity contribution in [1.29, 1.82) is 0 Å². The van der Waals surface area contributed by atoms with Crippen molar-refractivity contribution in [3.8, 4) is 22.5 Å². The van der Waals surface area contributed by atoms with Crippen LogP contribution in [0.25, 0.3) is 22.5 Å². The maximum atomic E-state index is 10.9. The number of aryl methyl sites for hydroxylation is 1. The van der Waals surface area contributed by atoms with E-state index < -0.39 is 5.97 Å². The van der Waals surface area contributed by atoms with Gasteiger partial charge in [-0.25, -0.2) is 0 Å². The number of thioether (sulfide) groups is 1. The van der Waals surface area contributed by atoms with E-state index in [2.05, 4.69) is 53.7 Å². The summed E-state index contributed by atoms with van der Waals surface area (Å²) >= 11 is 1.92. The van der Waals surface area contributed by atoms with Crippen LogP contribution in [0.2, 0.25) is 0 Å². The summed E-state index contributed by atoms with van der Waals surface area (Å²) in [6.07, 6.45) is 0.950. The Morgan fingerprint density at radius 2 is 1.50 bits per heavy atom. The molecule has 0 aliphatic heterocycles. The van der Waals surface area contributed by atoms with Crippen molar-refractivity contribution in [1.82, 2.24) is 5.16 Å². The molecule has 0 saturated heterocycles. The van der Waals surface area contributed by atoms with Gasteiger partial charge in [-0.05, 0) is 41.4 Å². The molecule has 0 atom stereocenters. The Bertz CT molecular complexity index is 1170. The highest BCUT2D eigenvalue weighted by atomic mass is 32.2. The number of carboxylic acids is 1. The molecule has 162 valence electrons. The Kier molecular flexibility index (Phi) is 7.07. The fraction of sp³-hybridized carbons (Fsp3) is 0.185. The van der Waals surface area contributed by atoms with E-state index in [0.717, 1.165) is 57.2 Å². The molecule has 0 bridgehead atoms. The summed E-state index contributed by atoms with van der Waals surface area (Å²) < 4.78 is 5.68. The monoisotopic (exact) mass is 443 g/mol. The summed E-state index contributed by atoms with van der Waals surface area (Å²) in [5, 5.41) is 13.1. The summed E-state index contributed by atoms with van der Waals surface area (Å²) in [4.78, 5) is 10.9. The molecule has 4 rings (SSSR count). The van der Waals surface area contributed by atoms with Gasteiger partial charge in [0.1, 0.15) is 0 Å². The van der Waals surface area contributed by atoms with Crippen molar-refractivity contribution in [2.24, 2.45) is 0 Å². The zero-order chi connectivity index (χ0) is 22.3. The third-order valence-corrected chi connectivity index (χ3v) is 6.41. The molecule has 32 heavy (non-hydrogen) atoms. The minimum Gasteiger partial charge on any atom is -0.481 e. The quantitative estimate of drug-likeness (QED) is 0.302. The van der Waals surface area contributed by atoms with Crippen molar-refractivity contribution >= 4 is 17.7 Å². The Morgan fingerprint density at radius 3 is 2.16 bits per heavy atom. The van der Waals surface area contributed by atoms with Gasteiger partial charge in [-0.1, -0.05) is 84.0 Å².